The van der Waals surface area contributed by atoms with Crippen LogP contribution in [0.1, 0.15) is 7.79 Å². The van der Waals surface area contributed by atoms with Crippen LogP contribution in [0.3, 0.4) is 0 Å². The molecular formula is C4H6O3. The van der Waals surface area contributed by atoms with Crippen LogP contribution in [0.2, 0.25) is 0 Å². The van der Waals surface area contributed by atoms with Crippen LogP contribution in [-0.2, 0) is 14.3 Å². The molecule has 0 saturated heterocycles. The van der Waals surface area contributed by atoms with Crippen molar-refractivity contribution in [2.24, 2.45) is 0 Å². The first-order chi connectivity index (χ1) is 3.66. The third-order valence-electron chi connectivity index (χ3n) is 0.444. The summed E-state index contributed by atoms with van der Waals surface area (Å²) in [5.74, 6) is -0.662. The molecule has 0 aromatic rings. The second-order valence-electron chi connectivity index (χ2n) is 0.897. The number of carbonyl (C=O) groups is 2. The fraction of sp³-hybridized carbons (Fsp3) is 0.500. The summed E-state index contributed by atoms with van der Waals surface area (Å²) in [6.45, 7) is 0. The van der Waals surface area contributed by atoms with Crippen molar-refractivity contribution in [2.75, 3.05) is 7.11 Å². The lowest BCUT2D eigenvalue weighted by atomic mass is 10.5. The van der Waals surface area contributed by atoms with Crippen molar-refractivity contribution >= 4 is 12.2 Å². The SMILES string of the molecule is [2H]C(=O)CC(=O)OC. The quantitative estimate of drug-likeness (QED) is 0.275. The summed E-state index contributed by atoms with van der Waals surface area (Å²) in [5.41, 5.74) is 0. The second-order valence-corrected chi connectivity index (χ2v) is 0.897. The normalized spacial score (nSPS) is 9.57. The van der Waals surface area contributed by atoms with E-state index < -0.39 is 18.7 Å². The highest BCUT2D eigenvalue weighted by molar-refractivity contribution is 5.83. The van der Waals surface area contributed by atoms with Gasteiger partial charge in [0.25, 0.3) is 0 Å². The molecule has 0 aliphatic carbocycles. The van der Waals surface area contributed by atoms with Gasteiger partial charge in [-0.1, -0.05) is 0 Å². The average Bonchev–Trinajstić information content (AvgIpc) is 1.65. The fourth-order valence-corrected chi connectivity index (χ4v) is 0.131. The Labute approximate surface area is 42.7 Å². The summed E-state index contributed by atoms with van der Waals surface area (Å²) in [4.78, 5) is 19.8. The van der Waals surface area contributed by atoms with Crippen LogP contribution in [0.15, 0.2) is 0 Å². The third kappa shape index (κ3) is 2.96. The summed E-state index contributed by atoms with van der Waals surface area (Å²) < 4.78 is 10.4. The molecule has 0 radical (unpaired) electrons. The Balaban J connectivity index is 3.40. The topological polar surface area (TPSA) is 43.4 Å². The van der Waals surface area contributed by atoms with E-state index in [1.807, 2.05) is 0 Å². The Hall–Kier alpha value is -0.860. The Morgan fingerprint density at radius 3 is 2.86 bits per heavy atom. The Morgan fingerprint density at radius 2 is 2.71 bits per heavy atom. The van der Waals surface area contributed by atoms with Gasteiger partial charge in [0.2, 0.25) is 0 Å². The molecule has 0 saturated carbocycles. The van der Waals surface area contributed by atoms with E-state index in [4.69, 9.17) is 1.37 Å². The van der Waals surface area contributed by atoms with E-state index in [2.05, 4.69) is 4.74 Å². The fourth-order valence-electron chi connectivity index (χ4n) is 0.131. The Bertz CT molecular complexity index is 110. The molecule has 40 valence electrons. The van der Waals surface area contributed by atoms with Crippen LogP contribution in [0.25, 0.3) is 0 Å². The molecule has 0 aromatic heterocycles. The van der Waals surface area contributed by atoms with Gasteiger partial charge in [-0.05, 0) is 0 Å². The molecule has 0 bridgehead atoms. The Kier molecular flexibility index (Phi) is 2.05. The molecule has 7 heavy (non-hydrogen) atoms. The molecule has 0 unspecified atom stereocenters. The number of aldehydes is 1. The minimum absolute atomic E-state index is 0.448. The highest BCUT2D eigenvalue weighted by Crippen LogP contribution is 1.74. The molecule has 0 aliphatic rings. The predicted octanol–water partition coefficient (Wildman–Crippen LogP) is -0.252. The van der Waals surface area contributed by atoms with Gasteiger partial charge in [-0.3, -0.25) is 4.79 Å². The Morgan fingerprint density at radius 1 is 2.14 bits per heavy atom. The molecule has 0 atom stereocenters. The monoisotopic (exact) mass is 103 g/mol. The maximum absolute atomic E-state index is 10.1. The maximum Gasteiger partial charge on any atom is 0.312 e. The molecule has 0 fully saturated rings. The van der Waals surface area contributed by atoms with Crippen molar-refractivity contribution in [1.29, 1.82) is 0 Å². The van der Waals surface area contributed by atoms with E-state index in [0.29, 0.717) is 0 Å². The number of esters is 1. The minimum atomic E-state index is -0.920. The molecule has 0 aromatic carbocycles. The molecule has 0 N–H and O–H groups in total. The minimum Gasteiger partial charge on any atom is -0.469 e. The van der Waals surface area contributed by atoms with Gasteiger partial charge in [0, 0.05) is 0 Å². The van der Waals surface area contributed by atoms with E-state index >= 15 is 0 Å². The van der Waals surface area contributed by atoms with Crippen LogP contribution in [0.5, 0.6) is 0 Å². The van der Waals surface area contributed by atoms with Gasteiger partial charge in [-0.2, -0.15) is 0 Å². The zero-order valence-electron chi connectivity index (χ0n) is 4.93. The number of carbonyl (C=O) groups excluding carboxylic acids is 2. The lowest BCUT2D eigenvalue weighted by Gasteiger charge is -1.86. The van der Waals surface area contributed by atoms with Gasteiger partial charge in [0.1, 0.15) is 14.1 Å². The first kappa shape index (κ1) is 4.30. The first-order valence-corrected chi connectivity index (χ1v) is 1.73. The number of methoxy groups -OCH3 is 1. The number of rotatable bonds is 2. The molecule has 0 spiro atoms. The van der Waals surface area contributed by atoms with Crippen molar-refractivity contribution < 1.29 is 15.7 Å². The van der Waals surface area contributed by atoms with Crippen molar-refractivity contribution in [3.8, 4) is 0 Å². The summed E-state index contributed by atoms with van der Waals surface area (Å²) in [6.07, 6.45) is -1.37. The van der Waals surface area contributed by atoms with Gasteiger partial charge in [-0.25, -0.2) is 0 Å². The van der Waals surface area contributed by atoms with E-state index in [1.165, 1.54) is 7.11 Å². The third-order valence-corrected chi connectivity index (χ3v) is 0.444. The van der Waals surface area contributed by atoms with Crippen LogP contribution < -0.4 is 0 Å². The standard InChI is InChI=1S/C4H6O3/c1-7-4(6)2-3-5/h3H,2H2,1H3/i3D. The average molecular weight is 103 g/mol. The number of ether oxygens (including phenoxy) is 1. The van der Waals surface area contributed by atoms with Crippen molar-refractivity contribution in [3.63, 3.8) is 0 Å². The van der Waals surface area contributed by atoms with Gasteiger partial charge in [-0.15, -0.1) is 0 Å². The van der Waals surface area contributed by atoms with E-state index in [-0.39, 0.29) is 0 Å². The van der Waals surface area contributed by atoms with Gasteiger partial charge < -0.3 is 9.53 Å². The van der Waals surface area contributed by atoms with Crippen molar-refractivity contribution in [3.05, 3.63) is 0 Å². The first-order valence-electron chi connectivity index (χ1n) is 2.23. The highest BCUT2D eigenvalue weighted by Gasteiger charge is 1.93. The zero-order valence-corrected chi connectivity index (χ0v) is 3.93. The van der Waals surface area contributed by atoms with E-state index in [9.17, 15) is 9.59 Å². The second kappa shape index (κ2) is 3.33. The lowest BCUT2D eigenvalue weighted by molar-refractivity contribution is -0.141. The summed E-state index contributed by atoms with van der Waals surface area (Å²) in [7, 11) is 1.17. The van der Waals surface area contributed by atoms with Crippen molar-refractivity contribution in [2.45, 2.75) is 6.42 Å². The molecular weight excluding hydrogens is 96.0 g/mol. The molecule has 0 amide bonds. The summed E-state index contributed by atoms with van der Waals surface area (Å²) in [6, 6.07) is 0. The van der Waals surface area contributed by atoms with E-state index in [0.717, 1.165) is 0 Å². The molecule has 0 rings (SSSR count). The smallest absolute Gasteiger partial charge is 0.312 e. The van der Waals surface area contributed by atoms with Crippen LogP contribution in [-0.4, -0.2) is 19.3 Å². The molecule has 0 heterocycles. The lowest BCUT2D eigenvalue weighted by Crippen LogP contribution is -1.99. The van der Waals surface area contributed by atoms with Crippen LogP contribution >= 0.6 is 0 Å². The van der Waals surface area contributed by atoms with Gasteiger partial charge in [0.05, 0.1) is 7.11 Å². The molecule has 0 aliphatic heterocycles. The van der Waals surface area contributed by atoms with Gasteiger partial charge >= 0.3 is 5.97 Å². The predicted molar refractivity (Wildman–Crippen MR) is 22.7 cm³/mol. The van der Waals surface area contributed by atoms with Crippen LogP contribution in [0, 0.1) is 0 Å². The van der Waals surface area contributed by atoms with Crippen LogP contribution in [0.4, 0.5) is 0 Å². The highest BCUT2D eigenvalue weighted by atomic mass is 16.5. The summed E-state index contributed by atoms with van der Waals surface area (Å²) >= 11 is 0. The number of hydrogen-bond acceptors (Lipinski definition) is 3. The van der Waals surface area contributed by atoms with E-state index in [1.54, 1.807) is 0 Å². The zero-order chi connectivity index (χ0) is 6.57. The number of hydrogen-bond donors (Lipinski definition) is 0. The summed E-state index contributed by atoms with van der Waals surface area (Å²) in [5, 5.41) is 0. The largest absolute Gasteiger partial charge is 0.469 e. The van der Waals surface area contributed by atoms with Crippen molar-refractivity contribution in [1.82, 2.24) is 0 Å². The maximum atomic E-state index is 10.1. The molecule has 3 nitrogen and oxygen atoms in total. The van der Waals surface area contributed by atoms with Gasteiger partial charge in [0.15, 0.2) is 0 Å². The molecule has 3 heteroatoms.